The van der Waals surface area contributed by atoms with Gasteiger partial charge in [-0.25, -0.2) is 9.78 Å². The molecule has 0 fully saturated rings. The molecule has 0 aliphatic heterocycles. The first-order valence-electron chi connectivity index (χ1n) is 8.11. The van der Waals surface area contributed by atoms with Crippen molar-refractivity contribution >= 4 is 17.6 Å². The predicted molar refractivity (Wildman–Crippen MR) is 100 cm³/mol. The maximum atomic E-state index is 12.5. The minimum absolute atomic E-state index is 0.00198. The molecule has 0 saturated carbocycles. The van der Waals surface area contributed by atoms with Gasteiger partial charge in [0.2, 0.25) is 11.8 Å². The zero-order chi connectivity index (χ0) is 19.9. The summed E-state index contributed by atoms with van der Waals surface area (Å²) in [5.74, 6) is -0.0606. The van der Waals surface area contributed by atoms with Gasteiger partial charge in [0, 0.05) is 16.8 Å². The van der Waals surface area contributed by atoms with Crippen molar-refractivity contribution in [3.8, 4) is 23.5 Å². The fourth-order valence-electron chi connectivity index (χ4n) is 2.19. The molecule has 0 bridgehead atoms. The first kappa shape index (κ1) is 19.4. The fraction of sp³-hybridized carbons (Fsp3) is 0.158. The van der Waals surface area contributed by atoms with Crippen LogP contribution < -0.4 is 14.2 Å². The monoisotopic (exact) mass is 401 g/mol. The average molecular weight is 402 g/mol. The van der Waals surface area contributed by atoms with E-state index in [4.69, 9.17) is 30.5 Å². The maximum absolute atomic E-state index is 12.5. The van der Waals surface area contributed by atoms with Gasteiger partial charge in [-0.2, -0.15) is 9.97 Å². The molecule has 0 radical (unpaired) electrons. The van der Waals surface area contributed by atoms with E-state index in [1.807, 2.05) is 0 Å². The van der Waals surface area contributed by atoms with Crippen LogP contribution in [0.1, 0.15) is 16.1 Å². The molecule has 0 unspecified atom stereocenters. The SMILES string of the molecule is COc1cc(OC)nc(Oc2cccnc2C(=O)OCc2ccccc2Cl)n1. The van der Waals surface area contributed by atoms with Crippen molar-refractivity contribution < 1.29 is 23.7 Å². The lowest BCUT2D eigenvalue weighted by Crippen LogP contribution is -2.10. The lowest BCUT2D eigenvalue weighted by atomic mass is 10.2. The average Bonchev–Trinajstić information content (AvgIpc) is 2.73. The first-order chi connectivity index (χ1) is 13.6. The number of carbonyl (C=O) groups excluding carboxylic acids is 1. The number of ether oxygens (including phenoxy) is 4. The molecule has 3 aromatic rings. The van der Waals surface area contributed by atoms with Crippen LogP contribution in [-0.2, 0) is 11.3 Å². The number of hydrogen-bond donors (Lipinski definition) is 0. The standard InChI is InChI=1S/C19H16ClN3O5/c1-25-15-10-16(26-2)23-19(22-15)28-14-8-5-9-21-17(14)18(24)27-11-12-6-3-4-7-13(12)20/h3-10H,11H2,1-2H3. The molecule has 0 spiro atoms. The highest BCUT2D eigenvalue weighted by Crippen LogP contribution is 2.26. The van der Waals surface area contributed by atoms with Crippen LogP contribution in [0.4, 0.5) is 0 Å². The van der Waals surface area contributed by atoms with Gasteiger partial charge in [0.25, 0.3) is 0 Å². The minimum atomic E-state index is -0.676. The quantitative estimate of drug-likeness (QED) is 0.553. The molecule has 2 heterocycles. The van der Waals surface area contributed by atoms with Crippen LogP contribution in [0.3, 0.4) is 0 Å². The molecule has 0 atom stereocenters. The van der Waals surface area contributed by atoms with Crippen LogP contribution in [0.2, 0.25) is 5.02 Å². The first-order valence-corrected chi connectivity index (χ1v) is 8.49. The number of halogens is 1. The Labute approximate surface area is 166 Å². The summed E-state index contributed by atoms with van der Waals surface area (Å²) in [5.41, 5.74) is 0.650. The van der Waals surface area contributed by atoms with Crippen LogP contribution in [0.15, 0.2) is 48.7 Å². The van der Waals surface area contributed by atoms with E-state index < -0.39 is 5.97 Å². The zero-order valence-electron chi connectivity index (χ0n) is 15.1. The largest absolute Gasteiger partial charge is 0.481 e. The van der Waals surface area contributed by atoms with Crippen LogP contribution in [-0.4, -0.2) is 35.1 Å². The second-order valence-corrected chi connectivity index (χ2v) is 5.76. The van der Waals surface area contributed by atoms with Crippen molar-refractivity contribution in [1.29, 1.82) is 0 Å². The van der Waals surface area contributed by atoms with Crippen molar-refractivity contribution in [3.63, 3.8) is 0 Å². The smallest absolute Gasteiger partial charge is 0.361 e. The van der Waals surface area contributed by atoms with Crippen LogP contribution in [0, 0.1) is 0 Å². The molecule has 3 rings (SSSR count). The van der Waals surface area contributed by atoms with E-state index in [0.717, 1.165) is 0 Å². The number of benzene rings is 1. The molecule has 0 aliphatic rings. The van der Waals surface area contributed by atoms with E-state index >= 15 is 0 Å². The highest BCUT2D eigenvalue weighted by Gasteiger charge is 2.18. The second-order valence-electron chi connectivity index (χ2n) is 5.35. The Morgan fingerprint density at radius 2 is 1.75 bits per heavy atom. The molecule has 8 nitrogen and oxygen atoms in total. The summed E-state index contributed by atoms with van der Waals surface area (Å²) in [6.07, 6.45) is 1.45. The normalized spacial score (nSPS) is 10.2. The molecule has 28 heavy (non-hydrogen) atoms. The summed E-state index contributed by atoms with van der Waals surface area (Å²) in [5, 5.41) is 0.504. The third kappa shape index (κ3) is 4.66. The highest BCUT2D eigenvalue weighted by molar-refractivity contribution is 6.31. The van der Waals surface area contributed by atoms with Gasteiger partial charge in [-0.15, -0.1) is 0 Å². The van der Waals surface area contributed by atoms with Crippen LogP contribution in [0.5, 0.6) is 23.5 Å². The van der Waals surface area contributed by atoms with Crippen molar-refractivity contribution in [2.45, 2.75) is 6.61 Å². The van der Waals surface area contributed by atoms with E-state index in [1.165, 1.54) is 26.5 Å². The van der Waals surface area contributed by atoms with Crippen LogP contribution >= 0.6 is 11.6 Å². The molecule has 144 valence electrons. The van der Waals surface area contributed by atoms with Crippen molar-refractivity contribution in [2.24, 2.45) is 0 Å². The zero-order valence-corrected chi connectivity index (χ0v) is 15.8. The summed E-state index contributed by atoms with van der Waals surface area (Å²) in [6.45, 7) is -0.00198. The Hall–Kier alpha value is -3.39. The molecule has 2 aromatic heterocycles. The second kappa shape index (κ2) is 9.01. The van der Waals surface area contributed by atoms with Gasteiger partial charge in [-0.05, 0) is 18.2 Å². The number of pyridine rings is 1. The van der Waals surface area contributed by atoms with Gasteiger partial charge in [0.15, 0.2) is 11.4 Å². The summed E-state index contributed by atoms with van der Waals surface area (Å²) in [6, 6.07) is 11.7. The van der Waals surface area contributed by atoms with Crippen molar-refractivity contribution in [2.75, 3.05) is 14.2 Å². The number of aromatic nitrogens is 3. The number of esters is 1. The van der Waals surface area contributed by atoms with Gasteiger partial charge in [-0.1, -0.05) is 29.8 Å². The Kier molecular flexibility index (Phi) is 6.23. The van der Waals surface area contributed by atoms with Gasteiger partial charge >= 0.3 is 12.0 Å². The summed E-state index contributed by atoms with van der Waals surface area (Å²) >= 11 is 6.08. The Balaban J connectivity index is 1.79. The van der Waals surface area contributed by atoms with Gasteiger partial charge in [0.1, 0.15) is 6.61 Å². The minimum Gasteiger partial charge on any atom is -0.481 e. The molecule has 9 heteroatoms. The molecule has 0 N–H and O–H groups in total. The van der Waals surface area contributed by atoms with Crippen molar-refractivity contribution in [1.82, 2.24) is 15.0 Å². The highest BCUT2D eigenvalue weighted by atomic mass is 35.5. The molecule has 0 saturated heterocycles. The van der Waals surface area contributed by atoms with E-state index in [0.29, 0.717) is 10.6 Å². The fourth-order valence-corrected chi connectivity index (χ4v) is 2.38. The van der Waals surface area contributed by atoms with Crippen molar-refractivity contribution in [3.05, 3.63) is 64.9 Å². The Bertz CT molecular complexity index is 961. The number of rotatable bonds is 7. The third-order valence-corrected chi connectivity index (χ3v) is 3.93. The molecule has 0 aliphatic carbocycles. The summed E-state index contributed by atoms with van der Waals surface area (Å²) in [4.78, 5) is 24.7. The number of nitrogens with zero attached hydrogens (tertiary/aromatic N) is 3. The Morgan fingerprint density at radius 1 is 1.04 bits per heavy atom. The predicted octanol–water partition coefficient (Wildman–Crippen LogP) is 3.69. The Morgan fingerprint density at radius 3 is 2.43 bits per heavy atom. The molecular formula is C19H16ClN3O5. The molecular weight excluding hydrogens is 386 g/mol. The van der Waals surface area contributed by atoms with Gasteiger partial charge in [0.05, 0.1) is 20.3 Å². The third-order valence-electron chi connectivity index (χ3n) is 3.56. The summed E-state index contributed by atoms with van der Waals surface area (Å²) < 4.78 is 21.1. The summed E-state index contributed by atoms with van der Waals surface area (Å²) in [7, 11) is 2.90. The van der Waals surface area contributed by atoms with E-state index in [2.05, 4.69) is 15.0 Å². The topological polar surface area (TPSA) is 92.7 Å². The van der Waals surface area contributed by atoms with E-state index in [9.17, 15) is 4.79 Å². The number of hydrogen-bond acceptors (Lipinski definition) is 8. The number of carbonyl (C=O) groups is 1. The van der Waals surface area contributed by atoms with Crippen LogP contribution in [0.25, 0.3) is 0 Å². The lowest BCUT2D eigenvalue weighted by molar-refractivity contribution is 0.0462. The molecule has 0 amide bonds. The molecule has 1 aromatic carbocycles. The lowest BCUT2D eigenvalue weighted by Gasteiger charge is -2.11. The van der Waals surface area contributed by atoms with E-state index in [-0.39, 0.29) is 35.8 Å². The number of methoxy groups -OCH3 is 2. The van der Waals surface area contributed by atoms with Gasteiger partial charge < -0.3 is 18.9 Å². The van der Waals surface area contributed by atoms with E-state index in [1.54, 1.807) is 36.4 Å². The maximum Gasteiger partial charge on any atom is 0.361 e. The van der Waals surface area contributed by atoms with Gasteiger partial charge in [-0.3, -0.25) is 0 Å².